The van der Waals surface area contributed by atoms with Gasteiger partial charge in [0.1, 0.15) is 0 Å². The van der Waals surface area contributed by atoms with Crippen LogP contribution in [0.15, 0.2) is 64.0 Å². The van der Waals surface area contributed by atoms with E-state index in [0.717, 1.165) is 10.0 Å². The lowest BCUT2D eigenvalue weighted by atomic mass is 9.96. The van der Waals surface area contributed by atoms with E-state index in [1.54, 1.807) is 36.4 Å². The average Bonchev–Trinajstić information content (AvgIpc) is 2.52. The van der Waals surface area contributed by atoms with E-state index in [9.17, 15) is 13.2 Å². The summed E-state index contributed by atoms with van der Waals surface area (Å²) in [5.41, 5.74) is 0.786. The van der Waals surface area contributed by atoms with E-state index in [4.69, 9.17) is 5.11 Å². The van der Waals surface area contributed by atoms with Crippen molar-refractivity contribution in [2.24, 2.45) is 0 Å². The first-order valence-electron chi connectivity index (χ1n) is 6.90. The molecular weight excluding hydrogens is 382 g/mol. The van der Waals surface area contributed by atoms with Gasteiger partial charge in [-0.1, -0.05) is 46.3 Å². The molecule has 2 N–H and O–H groups in total. The standard InChI is InChI=1S/C16H16BrNO4S/c17-14-6-8-15(9-7-14)23(21,22)18-11-13(10-16(19)20)12-4-2-1-3-5-12/h1-9,13,18H,10-11H2,(H,19,20)/t13-/m0/s1. The van der Waals surface area contributed by atoms with E-state index >= 15 is 0 Å². The normalized spacial score (nSPS) is 12.7. The number of rotatable bonds is 7. The molecule has 0 aliphatic heterocycles. The molecule has 0 fully saturated rings. The molecule has 0 aliphatic rings. The summed E-state index contributed by atoms with van der Waals surface area (Å²) < 4.78 is 27.9. The minimum Gasteiger partial charge on any atom is -0.481 e. The minimum atomic E-state index is -3.68. The van der Waals surface area contributed by atoms with Gasteiger partial charge < -0.3 is 5.11 Å². The fourth-order valence-corrected chi connectivity index (χ4v) is 3.50. The van der Waals surface area contributed by atoms with Gasteiger partial charge in [0.25, 0.3) is 0 Å². The third-order valence-corrected chi connectivity index (χ3v) is 5.30. The first kappa shape index (κ1) is 17.7. The van der Waals surface area contributed by atoms with Crippen LogP contribution >= 0.6 is 15.9 Å². The van der Waals surface area contributed by atoms with Gasteiger partial charge in [0.2, 0.25) is 10.0 Å². The Kier molecular flexibility index (Phi) is 5.92. The van der Waals surface area contributed by atoms with Crippen LogP contribution in [-0.2, 0) is 14.8 Å². The highest BCUT2D eigenvalue weighted by molar-refractivity contribution is 9.10. The number of carbonyl (C=O) groups is 1. The van der Waals surface area contributed by atoms with Crippen molar-refractivity contribution in [2.75, 3.05) is 6.54 Å². The van der Waals surface area contributed by atoms with Crippen molar-refractivity contribution in [1.82, 2.24) is 4.72 Å². The van der Waals surface area contributed by atoms with E-state index in [2.05, 4.69) is 20.7 Å². The highest BCUT2D eigenvalue weighted by Gasteiger charge is 2.20. The summed E-state index contributed by atoms with van der Waals surface area (Å²) in [5, 5.41) is 9.04. The number of hydrogen-bond acceptors (Lipinski definition) is 3. The monoisotopic (exact) mass is 397 g/mol. The molecule has 122 valence electrons. The molecule has 0 amide bonds. The number of carboxylic acids is 1. The first-order chi connectivity index (χ1) is 10.9. The second-order valence-electron chi connectivity index (χ2n) is 5.01. The quantitative estimate of drug-likeness (QED) is 0.751. The van der Waals surface area contributed by atoms with Crippen LogP contribution in [0, 0.1) is 0 Å². The Balaban J connectivity index is 2.14. The molecule has 2 aromatic rings. The van der Waals surface area contributed by atoms with Crippen molar-refractivity contribution in [3.63, 3.8) is 0 Å². The second-order valence-corrected chi connectivity index (χ2v) is 7.69. The lowest BCUT2D eigenvalue weighted by Crippen LogP contribution is -2.29. The molecule has 0 radical (unpaired) electrons. The van der Waals surface area contributed by atoms with Crippen molar-refractivity contribution >= 4 is 31.9 Å². The van der Waals surface area contributed by atoms with Crippen LogP contribution in [0.1, 0.15) is 17.9 Å². The van der Waals surface area contributed by atoms with E-state index < -0.39 is 21.9 Å². The van der Waals surface area contributed by atoms with Gasteiger partial charge in [-0.25, -0.2) is 13.1 Å². The van der Waals surface area contributed by atoms with E-state index in [0.29, 0.717) is 0 Å². The maximum Gasteiger partial charge on any atom is 0.304 e. The van der Waals surface area contributed by atoms with E-state index in [-0.39, 0.29) is 17.9 Å². The number of carboxylic acid groups (broad SMARTS) is 1. The zero-order valence-corrected chi connectivity index (χ0v) is 14.5. The molecule has 2 aromatic carbocycles. The highest BCUT2D eigenvalue weighted by atomic mass is 79.9. The molecule has 0 saturated carbocycles. The summed E-state index contributed by atoms with van der Waals surface area (Å²) in [6.07, 6.45) is -0.146. The number of hydrogen-bond donors (Lipinski definition) is 2. The number of aliphatic carboxylic acids is 1. The molecule has 2 rings (SSSR count). The molecule has 0 aromatic heterocycles. The van der Waals surface area contributed by atoms with Crippen LogP contribution in [-0.4, -0.2) is 26.0 Å². The van der Waals surface area contributed by atoms with Gasteiger partial charge in [-0.05, 0) is 29.8 Å². The first-order valence-corrected chi connectivity index (χ1v) is 9.18. The molecule has 23 heavy (non-hydrogen) atoms. The topological polar surface area (TPSA) is 83.5 Å². The van der Waals surface area contributed by atoms with Gasteiger partial charge in [-0.2, -0.15) is 0 Å². The average molecular weight is 398 g/mol. The lowest BCUT2D eigenvalue weighted by molar-refractivity contribution is -0.137. The maximum absolute atomic E-state index is 12.3. The molecule has 5 nitrogen and oxygen atoms in total. The molecule has 0 aliphatic carbocycles. The summed E-state index contributed by atoms with van der Waals surface area (Å²) in [5.74, 6) is -1.40. The Morgan fingerprint density at radius 3 is 2.26 bits per heavy atom. The summed E-state index contributed by atoms with van der Waals surface area (Å²) in [6, 6.07) is 15.3. The largest absolute Gasteiger partial charge is 0.481 e. The van der Waals surface area contributed by atoms with Gasteiger partial charge in [0, 0.05) is 16.9 Å². The Morgan fingerprint density at radius 2 is 1.70 bits per heavy atom. The van der Waals surface area contributed by atoms with Gasteiger partial charge in [0.05, 0.1) is 11.3 Å². The summed E-state index contributed by atoms with van der Waals surface area (Å²) in [4.78, 5) is 11.2. The smallest absolute Gasteiger partial charge is 0.304 e. The molecule has 0 heterocycles. The fourth-order valence-electron chi connectivity index (χ4n) is 2.15. The molecule has 1 atom stereocenters. The predicted molar refractivity (Wildman–Crippen MR) is 90.8 cm³/mol. The Labute approximate surface area is 143 Å². The highest BCUT2D eigenvalue weighted by Crippen LogP contribution is 2.20. The molecule has 0 unspecified atom stereocenters. The molecule has 7 heteroatoms. The van der Waals surface area contributed by atoms with Crippen LogP contribution in [0.2, 0.25) is 0 Å². The Hall–Kier alpha value is -1.70. The van der Waals surface area contributed by atoms with Gasteiger partial charge >= 0.3 is 5.97 Å². The predicted octanol–water partition coefficient (Wildman–Crippen LogP) is 2.99. The third-order valence-electron chi connectivity index (χ3n) is 3.34. The van der Waals surface area contributed by atoms with Crippen LogP contribution in [0.3, 0.4) is 0 Å². The lowest BCUT2D eigenvalue weighted by Gasteiger charge is -2.16. The van der Waals surface area contributed by atoms with Crippen molar-refractivity contribution in [2.45, 2.75) is 17.2 Å². The number of nitrogens with one attached hydrogen (secondary N) is 1. The van der Waals surface area contributed by atoms with Crippen molar-refractivity contribution in [3.05, 3.63) is 64.6 Å². The Morgan fingerprint density at radius 1 is 1.09 bits per heavy atom. The molecule has 0 bridgehead atoms. The SMILES string of the molecule is O=C(O)C[C@@H](CNS(=O)(=O)c1ccc(Br)cc1)c1ccccc1. The van der Waals surface area contributed by atoms with Crippen molar-refractivity contribution in [1.29, 1.82) is 0 Å². The number of halogens is 1. The van der Waals surface area contributed by atoms with Gasteiger partial charge in [-0.15, -0.1) is 0 Å². The minimum absolute atomic E-state index is 0.0225. The van der Waals surface area contributed by atoms with E-state index in [1.165, 1.54) is 12.1 Å². The molecule has 0 saturated heterocycles. The van der Waals surface area contributed by atoms with Gasteiger partial charge in [-0.3, -0.25) is 4.79 Å². The zero-order chi connectivity index (χ0) is 16.9. The van der Waals surface area contributed by atoms with Crippen molar-refractivity contribution in [3.8, 4) is 0 Å². The maximum atomic E-state index is 12.3. The number of benzene rings is 2. The Bertz CT molecular complexity index is 760. The van der Waals surface area contributed by atoms with Crippen LogP contribution < -0.4 is 4.72 Å². The number of sulfonamides is 1. The fraction of sp³-hybridized carbons (Fsp3) is 0.188. The third kappa shape index (κ3) is 5.16. The second kappa shape index (κ2) is 7.72. The summed E-state index contributed by atoms with van der Waals surface area (Å²) >= 11 is 3.25. The van der Waals surface area contributed by atoms with Gasteiger partial charge in [0.15, 0.2) is 0 Å². The van der Waals surface area contributed by atoms with Crippen LogP contribution in [0.5, 0.6) is 0 Å². The summed E-state index contributed by atoms with van der Waals surface area (Å²) in [6.45, 7) is 0.0225. The zero-order valence-electron chi connectivity index (χ0n) is 12.1. The van der Waals surface area contributed by atoms with E-state index in [1.807, 2.05) is 6.07 Å². The van der Waals surface area contributed by atoms with Crippen LogP contribution in [0.25, 0.3) is 0 Å². The molecule has 0 spiro atoms. The molecular formula is C16H16BrNO4S. The van der Waals surface area contributed by atoms with Crippen LogP contribution in [0.4, 0.5) is 0 Å². The van der Waals surface area contributed by atoms with Crippen molar-refractivity contribution < 1.29 is 18.3 Å². The summed E-state index contributed by atoms with van der Waals surface area (Å²) in [7, 11) is -3.68.